The van der Waals surface area contributed by atoms with Crippen molar-refractivity contribution in [2.24, 2.45) is 0 Å². The largest absolute Gasteiger partial charge is 0.170 e. The Bertz CT molecular complexity index is 869. The van der Waals surface area contributed by atoms with Crippen LogP contribution in [0.2, 0.25) is 0 Å². The summed E-state index contributed by atoms with van der Waals surface area (Å²) in [7, 11) is 0. The average Bonchev–Trinajstić information content (AvgIpc) is 3.18. The lowest BCUT2D eigenvalue weighted by Crippen LogP contribution is -1.92. The monoisotopic (exact) mass is 458 g/mol. The Labute approximate surface area is 148 Å². The highest BCUT2D eigenvalue weighted by atomic mass is 79.9. The van der Waals surface area contributed by atoms with Crippen molar-refractivity contribution in [1.29, 1.82) is 0 Å². The number of hydrogen-bond acceptors (Lipinski definition) is 7. The van der Waals surface area contributed by atoms with Crippen molar-refractivity contribution in [1.82, 2.24) is 18.9 Å². The zero-order chi connectivity index (χ0) is 14.4. The molecule has 0 aliphatic heterocycles. The molecule has 0 saturated carbocycles. The number of nitrogens with zero attached hydrogens (tertiary/aromatic N) is 4. The Balaban J connectivity index is 1.96. The molecule has 0 radical (unpaired) electrons. The van der Waals surface area contributed by atoms with E-state index in [1.54, 1.807) is 22.7 Å². The Kier molecular flexibility index (Phi) is 3.62. The van der Waals surface area contributed by atoms with Crippen LogP contribution in [0.1, 0.15) is 0 Å². The molecule has 4 heterocycles. The smallest absolute Gasteiger partial charge is 0.136 e. The minimum Gasteiger partial charge on any atom is -0.170 e. The van der Waals surface area contributed by atoms with Gasteiger partial charge in [0.25, 0.3) is 0 Å². The third kappa shape index (κ3) is 2.46. The predicted molar refractivity (Wildman–Crippen MR) is 95.0 cm³/mol. The number of aromatic nitrogens is 4. The molecule has 0 spiro atoms. The van der Waals surface area contributed by atoms with Crippen molar-refractivity contribution >= 4 is 77.3 Å². The molecular formula is C12H4Br2N4S3. The molecule has 0 aliphatic carbocycles. The maximum Gasteiger partial charge on any atom is 0.136 e. The van der Waals surface area contributed by atoms with Crippen LogP contribution in [0.3, 0.4) is 0 Å². The molecule has 0 amide bonds. The zero-order valence-corrected chi connectivity index (χ0v) is 15.7. The molecule has 104 valence electrons. The molecule has 0 aliphatic rings. The topological polar surface area (TPSA) is 51.6 Å². The maximum absolute atomic E-state index is 4.41. The lowest BCUT2D eigenvalue weighted by molar-refractivity contribution is 1.06. The second-order valence-corrected chi connectivity index (χ2v) is 9.52. The van der Waals surface area contributed by atoms with Gasteiger partial charge in [0.05, 0.1) is 29.1 Å². The van der Waals surface area contributed by atoms with E-state index in [0.717, 1.165) is 39.7 Å². The van der Waals surface area contributed by atoms with E-state index in [9.17, 15) is 0 Å². The van der Waals surface area contributed by atoms with Crippen LogP contribution in [0.15, 0.2) is 31.8 Å². The summed E-state index contributed by atoms with van der Waals surface area (Å²) < 4.78 is 10.9. The molecule has 21 heavy (non-hydrogen) atoms. The van der Waals surface area contributed by atoms with Gasteiger partial charge in [-0.15, -0.1) is 32.9 Å². The first-order chi connectivity index (χ1) is 10.2. The maximum atomic E-state index is 4.41. The van der Waals surface area contributed by atoms with Gasteiger partial charge in [0.1, 0.15) is 22.4 Å². The van der Waals surface area contributed by atoms with Crippen LogP contribution in [0.25, 0.3) is 32.2 Å². The quantitative estimate of drug-likeness (QED) is 0.399. The summed E-state index contributed by atoms with van der Waals surface area (Å²) in [5.74, 6) is 0. The van der Waals surface area contributed by atoms with Crippen LogP contribution >= 0.6 is 66.3 Å². The van der Waals surface area contributed by atoms with Gasteiger partial charge >= 0.3 is 0 Å². The van der Waals surface area contributed by atoms with E-state index in [1.807, 2.05) is 24.3 Å². The van der Waals surface area contributed by atoms with E-state index >= 15 is 0 Å². The van der Waals surface area contributed by atoms with Gasteiger partial charge in [-0.1, -0.05) is 0 Å². The van der Waals surface area contributed by atoms with Crippen LogP contribution in [0.4, 0.5) is 0 Å². The van der Waals surface area contributed by atoms with Crippen molar-refractivity contribution in [3.63, 3.8) is 0 Å². The molecule has 0 unspecified atom stereocenters. The van der Waals surface area contributed by atoms with Crippen molar-refractivity contribution < 1.29 is 0 Å². The first-order valence-corrected chi connectivity index (χ1v) is 9.67. The van der Waals surface area contributed by atoms with E-state index in [2.05, 4.69) is 50.8 Å². The second-order valence-electron chi connectivity index (χ2n) is 4.07. The fraction of sp³-hybridized carbons (Fsp3) is 0. The van der Waals surface area contributed by atoms with E-state index in [0.29, 0.717) is 0 Å². The van der Waals surface area contributed by atoms with Gasteiger partial charge < -0.3 is 0 Å². The van der Waals surface area contributed by atoms with E-state index in [4.69, 9.17) is 0 Å². The summed E-state index contributed by atoms with van der Waals surface area (Å²) in [6, 6.07) is 8.02. The summed E-state index contributed by atoms with van der Waals surface area (Å²) in [5.41, 5.74) is 3.19. The lowest BCUT2D eigenvalue weighted by atomic mass is 10.2. The summed E-state index contributed by atoms with van der Waals surface area (Å²) in [5, 5.41) is 8.77. The Morgan fingerprint density at radius 1 is 0.714 bits per heavy atom. The molecule has 9 heteroatoms. The van der Waals surface area contributed by atoms with Crippen LogP contribution in [-0.4, -0.2) is 18.9 Å². The molecule has 4 aromatic rings. The third-order valence-corrected chi connectivity index (χ3v) is 6.59. The van der Waals surface area contributed by atoms with Gasteiger partial charge in [0.2, 0.25) is 0 Å². The number of thiophene rings is 2. The Morgan fingerprint density at radius 3 is 1.57 bits per heavy atom. The molecule has 4 aromatic heterocycles. The van der Waals surface area contributed by atoms with Gasteiger partial charge in [-0.25, -0.2) is 0 Å². The van der Waals surface area contributed by atoms with Gasteiger partial charge in [-0.3, -0.25) is 0 Å². The molecule has 0 N–H and O–H groups in total. The molecule has 4 nitrogen and oxygen atoms in total. The second kappa shape index (κ2) is 5.47. The molecule has 0 saturated heterocycles. The summed E-state index contributed by atoms with van der Waals surface area (Å²) in [4.78, 5) is 2.07. The van der Waals surface area contributed by atoms with Crippen LogP contribution in [-0.2, 0) is 0 Å². The lowest BCUT2D eigenvalue weighted by Gasteiger charge is -2.00. The summed E-state index contributed by atoms with van der Waals surface area (Å²) >= 11 is 11.4. The minimum absolute atomic E-state index is 0.786. The average molecular weight is 460 g/mol. The number of hydrogen-bond donors (Lipinski definition) is 0. The predicted octanol–water partition coefficient (Wildman–Crippen LogP) is 5.46. The van der Waals surface area contributed by atoms with Gasteiger partial charge in [0, 0.05) is 0 Å². The van der Waals surface area contributed by atoms with Gasteiger partial charge in [0.15, 0.2) is 0 Å². The Morgan fingerprint density at radius 2 is 1.19 bits per heavy atom. The zero-order valence-electron chi connectivity index (χ0n) is 10.1. The summed E-state index contributed by atoms with van der Waals surface area (Å²) in [6.45, 7) is 0. The van der Waals surface area contributed by atoms with Crippen LogP contribution in [0.5, 0.6) is 0 Å². The van der Waals surface area contributed by atoms with Crippen LogP contribution < -0.4 is 0 Å². The molecule has 0 bridgehead atoms. The fourth-order valence-electron chi connectivity index (χ4n) is 1.91. The molecule has 0 atom stereocenters. The van der Waals surface area contributed by atoms with Crippen molar-refractivity contribution in [2.45, 2.75) is 0 Å². The van der Waals surface area contributed by atoms with Crippen molar-refractivity contribution in [2.75, 3.05) is 0 Å². The van der Waals surface area contributed by atoms with Crippen LogP contribution in [0, 0.1) is 0 Å². The fourth-order valence-corrected chi connectivity index (χ4v) is 5.20. The van der Waals surface area contributed by atoms with Crippen molar-refractivity contribution in [3.05, 3.63) is 31.8 Å². The molecule has 0 fully saturated rings. The highest BCUT2D eigenvalue weighted by Gasteiger charge is 2.18. The summed E-state index contributed by atoms with van der Waals surface area (Å²) in [6.07, 6.45) is 0. The molecular weight excluding hydrogens is 456 g/mol. The van der Waals surface area contributed by atoms with Gasteiger partial charge in [-0.05, 0) is 56.1 Å². The number of rotatable bonds is 2. The normalized spacial score (nSPS) is 11.3. The number of halogens is 2. The SMILES string of the molecule is Brc1ccc(-c2nnc(-c3ccc(Br)s3)c3nsnc23)s1. The third-order valence-electron chi connectivity index (χ3n) is 2.80. The highest BCUT2D eigenvalue weighted by molar-refractivity contribution is 9.11. The minimum atomic E-state index is 0.786. The van der Waals surface area contributed by atoms with Crippen molar-refractivity contribution in [3.8, 4) is 21.1 Å². The van der Waals surface area contributed by atoms with E-state index in [-0.39, 0.29) is 0 Å². The van der Waals surface area contributed by atoms with E-state index in [1.165, 1.54) is 11.7 Å². The van der Waals surface area contributed by atoms with Gasteiger partial charge in [-0.2, -0.15) is 8.75 Å². The van der Waals surface area contributed by atoms with E-state index < -0.39 is 0 Å². The molecule has 0 aromatic carbocycles. The highest BCUT2D eigenvalue weighted by Crippen LogP contribution is 2.38. The molecule has 4 rings (SSSR count). The Hall–Kier alpha value is -0.740. The first kappa shape index (κ1) is 13.9. The standard InChI is InChI=1S/C12H4Br2N4S3/c13-7-3-1-5(19-7)9-11-12(18-21-17-11)10(16-15-9)6-2-4-8(14)20-6/h1-4H. The first-order valence-electron chi connectivity index (χ1n) is 5.73. The number of fused-ring (bicyclic) bond motifs is 1.